The fraction of sp³-hybridized carbons (Fsp3) is 0.444. The quantitative estimate of drug-likeness (QED) is 0.641. The highest BCUT2D eigenvalue weighted by Gasteiger charge is 2.54. The molecule has 3 amide bonds. The van der Waals surface area contributed by atoms with E-state index in [1.807, 2.05) is 0 Å². The number of carbonyl (C=O) groups excluding carboxylic acids is 3. The molecule has 38 heavy (non-hydrogen) atoms. The first-order valence-corrected chi connectivity index (χ1v) is 12.6. The minimum absolute atomic E-state index is 0.0508. The average Bonchev–Trinajstić information content (AvgIpc) is 3.56. The van der Waals surface area contributed by atoms with Crippen molar-refractivity contribution in [2.75, 3.05) is 32.8 Å². The molecule has 0 bridgehead atoms. The van der Waals surface area contributed by atoms with Gasteiger partial charge in [-0.1, -0.05) is 0 Å². The SMILES string of the molecule is O=C(NC[C@H]1CCCO1)[C@@H]1COC2(CCN(C(=O)c3ccc(F)cc3F)CC2)N1C(=O)c1ccc(F)cc1. The highest BCUT2D eigenvalue weighted by Crippen LogP contribution is 2.39. The van der Waals surface area contributed by atoms with Crippen LogP contribution in [0.25, 0.3) is 0 Å². The second-order valence-electron chi connectivity index (χ2n) is 9.75. The molecule has 2 aromatic carbocycles. The Bertz CT molecular complexity index is 1210. The van der Waals surface area contributed by atoms with Crippen molar-refractivity contribution in [3.8, 4) is 0 Å². The molecular formula is C27H28F3N3O5. The molecular weight excluding hydrogens is 503 g/mol. The molecule has 5 rings (SSSR count). The van der Waals surface area contributed by atoms with Gasteiger partial charge in [0.15, 0.2) is 0 Å². The summed E-state index contributed by atoms with van der Waals surface area (Å²) < 4.78 is 52.7. The topological polar surface area (TPSA) is 88.2 Å². The number of likely N-dealkylation sites (tertiary alicyclic amines) is 1. The molecule has 0 radical (unpaired) electrons. The van der Waals surface area contributed by atoms with Crippen LogP contribution in [0.4, 0.5) is 13.2 Å². The van der Waals surface area contributed by atoms with E-state index < -0.39 is 41.0 Å². The van der Waals surface area contributed by atoms with E-state index in [0.717, 1.165) is 25.0 Å². The van der Waals surface area contributed by atoms with Gasteiger partial charge in [-0.05, 0) is 49.2 Å². The number of benzene rings is 2. The summed E-state index contributed by atoms with van der Waals surface area (Å²) in [7, 11) is 0. The predicted octanol–water partition coefficient (Wildman–Crippen LogP) is 2.87. The minimum atomic E-state index is -1.19. The molecule has 2 aromatic rings. The molecule has 0 aromatic heterocycles. The van der Waals surface area contributed by atoms with E-state index in [2.05, 4.69) is 5.32 Å². The maximum absolute atomic E-state index is 14.2. The second-order valence-corrected chi connectivity index (χ2v) is 9.75. The van der Waals surface area contributed by atoms with Crippen LogP contribution in [0.3, 0.4) is 0 Å². The first-order chi connectivity index (χ1) is 18.3. The zero-order valence-corrected chi connectivity index (χ0v) is 20.6. The molecule has 8 nitrogen and oxygen atoms in total. The third-order valence-electron chi connectivity index (χ3n) is 7.39. The molecule has 0 saturated carbocycles. The number of piperidine rings is 1. The van der Waals surface area contributed by atoms with Crippen molar-refractivity contribution in [3.05, 3.63) is 71.0 Å². The lowest BCUT2D eigenvalue weighted by atomic mass is 9.96. The molecule has 2 atom stereocenters. The molecule has 0 aliphatic carbocycles. The van der Waals surface area contributed by atoms with Crippen molar-refractivity contribution in [2.24, 2.45) is 0 Å². The number of halogens is 3. The zero-order valence-electron chi connectivity index (χ0n) is 20.6. The van der Waals surface area contributed by atoms with Crippen LogP contribution in [0, 0.1) is 17.5 Å². The molecule has 3 aliphatic heterocycles. The minimum Gasteiger partial charge on any atom is -0.376 e. The first-order valence-electron chi connectivity index (χ1n) is 12.6. The van der Waals surface area contributed by atoms with Crippen molar-refractivity contribution in [3.63, 3.8) is 0 Å². The third-order valence-corrected chi connectivity index (χ3v) is 7.39. The highest BCUT2D eigenvalue weighted by molar-refractivity contribution is 5.98. The largest absolute Gasteiger partial charge is 0.376 e. The van der Waals surface area contributed by atoms with Gasteiger partial charge in [-0.25, -0.2) is 13.2 Å². The maximum atomic E-state index is 14.2. The van der Waals surface area contributed by atoms with E-state index in [9.17, 15) is 27.6 Å². The Morgan fingerprint density at radius 1 is 0.974 bits per heavy atom. The monoisotopic (exact) mass is 531 g/mol. The number of nitrogens with zero attached hydrogens (tertiary/aromatic N) is 2. The second kappa shape index (κ2) is 10.7. The van der Waals surface area contributed by atoms with Crippen LogP contribution in [-0.2, 0) is 14.3 Å². The van der Waals surface area contributed by atoms with E-state index in [4.69, 9.17) is 9.47 Å². The van der Waals surface area contributed by atoms with Crippen LogP contribution in [0.15, 0.2) is 42.5 Å². The predicted molar refractivity (Wildman–Crippen MR) is 129 cm³/mol. The Kier molecular flexibility index (Phi) is 7.40. The molecule has 3 fully saturated rings. The van der Waals surface area contributed by atoms with Gasteiger partial charge in [-0.15, -0.1) is 0 Å². The van der Waals surface area contributed by atoms with Gasteiger partial charge in [0.25, 0.3) is 11.8 Å². The summed E-state index contributed by atoms with van der Waals surface area (Å²) >= 11 is 0. The number of ether oxygens (including phenoxy) is 2. The van der Waals surface area contributed by atoms with Crippen molar-refractivity contribution < 1.29 is 37.0 Å². The number of carbonyl (C=O) groups is 3. The summed E-state index contributed by atoms with van der Waals surface area (Å²) in [6.07, 6.45) is 2.01. The lowest BCUT2D eigenvalue weighted by Gasteiger charge is -2.44. The number of amides is 3. The van der Waals surface area contributed by atoms with E-state index >= 15 is 0 Å². The van der Waals surface area contributed by atoms with Crippen molar-refractivity contribution in [2.45, 2.75) is 43.6 Å². The summed E-state index contributed by atoms with van der Waals surface area (Å²) in [4.78, 5) is 42.6. The molecule has 1 N–H and O–H groups in total. The van der Waals surface area contributed by atoms with Crippen LogP contribution in [-0.4, -0.2) is 78.2 Å². The summed E-state index contributed by atoms with van der Waals surface area (Å²) in [5.74, 6) is -3.72. The van der Waals surface area contributed by atoms with Crippen LogP contribution in [0.2, 0.25) is 0 Å². The molecule has 0 unspecified atom stereocenters. The summed E-state index contributed by atoms with van der Waals surface area (Å²) in [5.41, 5.74) is -1.24. The Morgan fingerprint density at radius 3 is 2.34 bits per heavy atom. The molecule has 11 heteroatoms. The Hall–Kier alpha value is -3.44. The Morgan fingerprint density at radius 2 is 1.68 bits per heavy atom. The molecule has 202 valence electrons. The molecule has 3 aliphatic rings. The first kappa shape index (κ1) is 26.2. The van der Waals surface area contributed by atoms with Crippen molar-refractivity contribution in [1.82, 2.24) is 15.1 Å². The highest BCUT2D eigenvalue weighted by atomic mass is 19.1. The van der Waals surface area contributed by atoms with Gasteiger partial charge in [0.1, 0.15) is 29.2 Å². The fourth-order valence-corrected chi connectivity index (χ4v) is 5.33. The van der Waals surface area contributed by atoms with Crippen LogP contribution < -0.4 is 5.32 Å². The van der Waals surface area contributed by atoms with Crippen molar-refractivity contribution in [1.29, 1.82) is 0 Å². The summed E-state index contributed by atoms with van der Waals surface area (Å²) in [5, 5.41) is 2.86. The van der Waals surface area contributed by atoms with Gasteiger partial charge in [0, 0.05) is 50.7 Å². The fourth-order valence-electron chi connectivity index (χ4n) is 5.33. The van der Waals surface area contributed by atoms with Gasteiger partial charge in [-0.2, -0.15) is 0 Å². The standard InChI is InChI=1S/C27H28F3N3O5/c28-18-5-3-17(4-6-18)25(35)33-23(24(34)31-15-20-2-1-13-37-20)16-38-27(33)9-11-32(12-10-27)26(36)21-8-7-19(29)14-22(21)30/h3-8,14,20,23H,1-2,9-13,15-16H2,(H,31,34)/t20-,23+/m1/s1. The van der Waals surface area contributed by atoms with Gasteiger partial charge in [0.05, 0.1) is 18.3 Å². The molecule has 3 heterocycles. The van der Waals surface area contributed by atoms with Crippen LogP contribution in [0.1, 0.15) is 46.4 Å². The normalized spacial score (nSPS) is 22.6. The summed E-state index contributed by atoms with van der Waals surface area (Å²) in [6, 6.07) is 6.87. The third kappa shape index (κ3) is 5.12. The lowest BCUT2D eigenvalue weighted by Crippen LogP contribution is -2.60. The van der Waals surface area contributed by atoms with E-state index in [0.29, 0.717) is 19.2 Å². The lowest BCUT2D eigenvalue weighted by molar-refractivity contribution is -0.128. The van der Waals surface area contributed by atoms with Gasteiger partial charge in [-0.3, -0.25) is 19.3 Å². The Labute approximate surface area is 217 Å². The maximum Gasteiger partial charge on any atom is 0.256 e. The molecule has 1 spiro atoms. The smallest absolute Gasteiger partial charge is 0.256 e. The number of hydrogen-bond donors (Lipinski definition) is 1. The van der Waals surface area contributed by atoms with Crippen LogP contribution in [0.5, 0.6) is 0 Å². The van der Waals surface area contributed by atoms with Gasteiger partial charge in [0.2, 0.25) is 5.91 Å². The molecule has 3 saturated heterocycles. The zero-order chi connectivity index (χ0) is 26.9. The van der Waals surface area contributed by atoms with Crippen molar-refractivity contribution >= 4 is 17.7 Å². The van der Waals surface area contributed by atoms with Gasteiger partial charge < -0.3 is 19.7 Å². The van der Waals surface area contributed by atoms with Crippen LogP contribution >= 0.6 is 0 Å². The summed E-state index contributed by atoms with van der Waals surface area (Å²) in [6.45, 7) is 1.14. The van der Waals surface area contributed by atoms with E-state index in [1.54, 1.807) is 0 Å². The average molecular weight is 532 g/mol. The number of nitrogens with one attached hydrogen (secondary N) is 1. The van der Waals surface area contributed by atoms with E-state index in [1.165, 1.54) is 34.1 Å². The van der Waals surface area contributed by atoms with Gasteiger partial charge >= 0.3 is 0 Å². The number of hydrogen-bond acceptors (Lipinski definition) is 5. The van der Waals surface area contributed by atoms with E-state index in [-0.39, 0.29) is 55.7 Å². The Balaban J connectivity index is 1.35. The number of rotatable bonds is 5.